The summed E-state index contributed by atoms with van der Waals surface area (Å²) in [5.41, 5.74) is 0. The normalized spacial score (nSPS) is 30.2. The molecule has 192 valence electrons. The molecule has 0 spiro atoms. The minimum absolute atomic E-state index is 0.00214. The molecule has 2 fully saturated rings. The van der Waals surface area contributed by atoms with E-state index < -0.39 is 37.1 Å². The van der Waals surface area contributed by atoms with Crippen molar-refractivity contribution in [1.29, 1.82) is 0 Å². The molecule has 1 aromatic rings. The Morgan fingerprint density at radius 3 is 2.51 bits per heavy atom. The molecule has 2 aliphatic heterocycles. The van der Waals surface area contributed by atoms with Gasteiger partial charge in [-0.15, -0.1) is 0 Å². The lowest BCUT2D eigenvalue weighted by Gasteiger charge is -2.26. The van der Waals surface area contributed by atoms with Gasteiger partial charge in [0.05, 0.1) is 31.3 Å². The maximum atomic E-state index is 13.9. The zero-order valence-electron chi connectivity index (χ0n) is 20.1. The van der Waals surface area contributed by atoms with E-state index in [1.165, 1.54) is 6.92 Å². The minimum atomic E-state index is -3.77. The summed E-state index contributed by atoms with van der Waals surface area (Å²) in [4.78, 5) is 24.0. The van der Waals surface area contributed by atoms with Crippen LogP contribution in [0.5, 0.6) is 0 Å². The molecule has 12 heteroatoms. The van der Waals surface area contributed by atoms with Crippen LogP contribution in [0.3, 0.4) is 0 Å². The van der Waals surface area contributed by atoms with Crippen LogP contribution in [0, 0.1) is 0 Å². The maximum Gasteiger partial charge on any atom is 0.394 e. The van der Waals surface area contributed by atoms with E-state index in [4.69, 9.17) is 42.7 Å². The van der Waals surface area contributed by atoms with Crippen molar-refractivity contribution in [3.63, 3.8) is 0 Å². The molecule has 8 nitrogen and oxygen atoms in total. The van der Waals surface area contributed by atoms with Crippen molar-refractivity contribution in [1.82, 2.24) is 0 Å². The average molecular weight is 545 g/mol. The Morgan fingerprint density at radius 1 is 1.14 bits per heavy atom. The van der Waals surface area contributed by atoms with Crippen molar-refractivity contribution in [2.24, 2.45) is 0 Å². The summed E-state index contributed by atoms with van der Waals surface area (Å²) in [6, 6.07) is 6.34. The Hall–Kier alpha value is -0.865. The zero-order chi connectivity index (χ0) is 25.6. The molecule has 3 rings (SSSR count). The number of rotatable bonds is 12. The van der Waals surface area contributed by atoms with Gasteiger partial charge in [0.2, 0.25) is 0 Å². The largest absolute Gasteiger partial charge is 0.459 e. The number of ketones is 1. The fourth-order valence-electron chi connectivity index (χ4n) is 3.95. The molecule has 2 saturated heterocycles. The van der Waals surface area contributed by atoms with Crippen LogP contribution in [0.4, 0.5) is 0 Å². The summed E-state index contributed by atoms with van der Waals surface area (Å²) in [6.45, 7) is 1.35. The Bertz CT molecular complexity index is 919. The smallest absolute Gasteiger partial charge is 0.394 e. The third-order valence-corrected chi connectivity index (χ3v) is 9.50. The number of Topliss-reactive ketones (excluding diaryl/α,β-unsaturated/α-hetero) is 1. The van der Waals surface area contributed by atoms with Gasteiger partial charge in [0.15, 0.2) is 0 Å². The molecular weight excluding hydrogens is 514 g/mol. The van der Waals surface area contributed by atoms with Crippen LogP contribution in [-0.4, -0.2) is 62.7 Å². The molecule has 2 radical (unpaired) electrons. The summed E-state index contributed by atoms with van der Waals surface area (Å²) < 4.78 is 42.9. The lowest BCUT2D eigenvalue weighted by Crippen LogP contribution is -2.31. The van der Waals surface area contributed by atoms with Gasteiger partial charge >= 0.3 is 12.8 Å². The maximum absolute atomic E-state index is 13.9. The second kappa shape index (κ2) is 13.1. The Kier molecular flexibility index (Phi) is 10.7. The van der Waals surface area contributed by atoms with Gasteiger partial charge in [0.25, 0.3) is 0 Å². The summed E-state index contributed by atoms with van der Waals surface area (Å²) in [5, 5.41) is 0.551. The zero-order valence-corrected chi connectivity index (χ0v) is 22.6. The van der Waals surface area contributed by atoms with Crippen LogP contribution in [-0.2, 0) is 37.4 Å². The molecule has 0 aliphatic carbocycles. The molecule has 35 heavy (non-hydrogen) atoms. The second-order valence-electron chi connectivity index (χ2n) is 8.74. The minimum Gasteiger partial charge on any atom is -0.459 e. The first-order valence-electron chi connectivity index (χ1n) is 11.7. The van der Waals surface area contributed by atoms with E-state index >= 15 is 0 Å². The highest BCUT2D eigenvalue weighted by Gasteiger charge is 2.42. The van der Waals surface area contributed by atoms with Crippen molar-refractivity contribution in [3.05, 3.63) is 29.3 Å². The highest BCUT2D eigenvalue weighted by molar-refractivity contribution is 8.55. The van der Waals surface area contributed by atoms with Crippen LogP contribution in [0.25, 0.3) is 0 Å². The van der Waals surface area contributed by atoms with Gasteiger partial charge in [-0.3, -0.25) is 13.8 Å². The van der Waals surface area contributed by atoms with Crippen molar-refractivity contribution in [2.45, 2.75) is 94.3 Å². The van der Waals surface area contributed by atoms with E-state index in [-0.39, 0.29) is 37.4 Å². The molecule has 1 unspecified atom stereocenters. The SMILES string of the molecule is [B][C@H]1C[C@@H](OP(=O)(OC[C@H]2O[C@@H](C)C[C@H]2OC(=O)CCC(C)=O)Sc2ccc(Cl)cc2)[C@@H](CC)O1. The van der Waals surface area contributed by atoms with Gasteiger partial charge in [-0.25, -0.2) is 4.57 Å². The standard InChI is InChI=1S/C23H31BClO8PS/c1-4-18-20(12-22(24)31-18)33-34(28,35-17-8-6-16(25)7-9-17)29-13-21-19(11-15(3)30-21)32-23(27)10-5-14(2)26/h6-9,15,18-22H,4-5,10-13H2,1-3H3/t15-,18+,19+,20+,21+,22+,34?/m0/s1. The number of benzene rings is 1. The van der Waals surface area contributed by atoms with Crippen molar-refractivity contribution >= 4 is 49.4 Å². The average Bonchev–Trinajstić information content (AvgIpc) is 3.32. The predicted molar refractivity (Wildman–Crippen MR) is 134 cm³/mol. The molecule has 2 heterocycles. The van der Waals surface area contributed by atoms with Crippen LogP contribution >= 0.6 is 29.8 Å². The van der Waals surface area contributed by atoms with Gasteiger partial charge in [-0.1, -0.05) is 18.5 Å². The number of halogens is 1. The van der Waals surface area contributed by atoms with Crippen molar-refractivity contribution in [2.75, 3.05) is 6.61 Å². The molecular formula is C23H31BClO8PS. The van der Waals surface area contributed by atoms with E-state index in [0.717, 1.165) is 11.4 Å². The molecule has 2 aliphatic rings. The van der Waals surface area contributed by atoms with Gasteiger partial charge < -0.3 is 19.0 Å². The number of carbonyl (C=O) groups is 2. The highest BCUT2D eigenvalue weighted by Crippen LogP contribution is 2.65. The lowest BCUT2D eigenvalue weighted by atomic mass is 9.96. The number of hydrogen-bond donors (Lipinski definition) is 0. The first-order chi connectivity index (χ1) is 16.6. The predicted octanol–water partition coefficient (Wildman–Crippen LogP) is 5.09. The van der Waals surface area contributed by atoms with Crippen LogP contribution in [0.2, 0.25) is 5.02 Å². The summed E-state index contributed by atoms with van der Waals surface area (Å²) in [6.07, 6.45) is -0.553. The highest BCUT2D eigenvalue weighted by atomic mass is 35.5. The van der Waals surface area contributed by atoms with Crippen LogP contribution in [0.1, 0.15) is 52.9 Å². The molecule has 0 N–H and O–H groups in total. The quantitative estimate of drug-likeness (QED) is 0.202. The monoisotopic (exact) mass is 544 g/mol. The van der Waals surface area contributed by atoms with Gasteiger partial charge in [0, 0.05) is 28.8 Å². The first kappa shape index (κ1) is 28.7. The molecule has 0 bridgehead atoms. The second-order valence-corrected chi connectivity index (χ2v) is 13.1. The number of hydrogen-bond acceptors (Lipinski definition) is 9. The summed E-state index contributed by atoms with van der Waals surface area (Å²) in [5.74, 6) is -0.568. The number of esters is 1. The number of ether oxygens (including phenoxy) is 3. The van der Waals surface area contributed by atoms with Gasteiger partial charge in [-0.05, 0) is 62.3 Å². The van der Waals surface area contributed by atoms with E-state index in [0.29, 0.717) is 29.2 Å². The van der Waals surface area contributed by atoms with E-state index in [2.05, 4.69) is 0 Å². The van der Waals surface area contributed by atoms with E-state index in [1.807, 2.05) is 13.8 Å². The third kappa shape index (κ3) is 8.88. The van der Waals surface area contributed by atoms with Crippen LogP contribution in [0.15, 0.2) is 29.2 Å². The molecule has 0 amide bonds. The van der Waals surface area contributed by atoms with Crippen molar-refractivity contribution < 1.29 is 37.4 Å². The Morgan fingerprint density at radius 2 is 1.86 bits per heavy atom. The Labute approximate surface area is 216 Å². The molecule has 7 atom stereocenters. The summed E-state index contributed by atoms with van der Waals surface area (Å²) >= 11 is 6.95. The fourth-order valence-corrected chi connectivity index (χ4v) is 7.57. The van der Waals surface area contributed by atoms with Crippen LogP contribution < -0.4 is 0 Å². The van der Waals surface area contributed by atoms with Crippen molar-refractivity contribution in [3.8, 4) is 0 Å². The topological polar surface area (TPSA) is 97.4 Å². The molecule has 1 aromatic carbocycles. The van der Waals surface area contributed by atoms with Gasteiger partial charge in [0.1, 0.15) is 25.8 Å². The van der Waals surface area contributed by atoms with Gasteiger partial charge in [-0.2, -0.15) is 0 Å². The fraction of sp³-hybridized carbons (Fsp3) is 0.652. The lowest BCUT2D eigenvalue weighted by molar-refractivity contribution is -0.153. The molecule has 0 saturated carbocycles. The summed E-state index contributed by atoms with van der Waals surface area (Å²) in [7, 11) is 5.93. The number of carbonyl (C=O) groups excluding carboxylic acids is 2. The van der Waals surface area contributed by atoms with E-state index in [9.17, 15) is 14.2 Å². The van der Waals surface area contributed by atoms with E-state index in [1.54, 1.807) is 24.3 Å². The third-order valence-electron chi connectivity index (χ3n) is 5.67. The Balaban J connectivity index is 1.69. The molecule has 0 aromatic heterocycles. The first-order valence-corrected chi connectivity index (χ1v) is 15.0.